The van der Waals surface area contributed by atoms with Crippen molar-refractivity contribution < 1.29 is 0 Å². The zero-order valence-corrected chi connectivity index (χ0v) is 12.3. The molecule has 0 aliphatic heterocycles. The van der Waals surface area contributed by atoms with Crippen LogP contribution >= 0.6 is 0 Å². The normalized spacial score (nSPS) is 30.2. The van der Waals surface area contributed by atoms with Gasteiger partial charge in [-0.25, -0.2) is 0 Å². The second-order valence-electron chi connectivity index (χ2n) is 6.60. The fourth-order valence-electron chi connectivity index (χ4n) is 3.39. The smallest absolute Gasteiger partial charge is 0.0100 e. The molecule has 2 N–H and O–H groups in total. The fourth-order valence-corrected chi connectivity index (χ4v) is 3.39. The van der Waals surface area contributed by atoms with Gasteiger partial charge in [0.1, 0.15) is 0 Å². The molecule has 1 rings (SSSR count). The second kappa shape index (κ2) is 7.38. The Morgan fingerprint density at radius 3 is 2.18 bits per heavy atom. The van der Waals surface area contributed by atoms with Crippen molar-refractivity contribution in [2.45, 2.75) is 59.4 Å². The standard InChI is InChI=1S/C15H32N2/c1-12(2)11-17(7-5-6-16)15-9-13(3)8-14(4)10-15/h12-15H,5-11,16H2,1-4H3. The molecule has 0 amide bonds. The first-order chi connectivity index (χ1) is 8.02. The molecule has 1 aliphatic rings. The van der Waals surface area contributed by atoms with Crippen molar-refractivity contribution in [3.63, 3.8) is 0 Å². The van der Waals surface area contributed by atoms with Crippen LogP contribution in [0.1, 0.15) is 53.4 Å². The summed E-state index contributed by atoms with van der Waals surface area (Å²) < 4.78 is 0. The van der Waals surface area contributed by atoms with Gasteiger partial charge >= 0.3 is 0 Å². The molecule has 0 saturated heterocycles. The average molecular weight is 240 g/mol. The summed E-state index contributed by atoms with van der Waals surface area (Å²) in [5.41, 5.74) is 5.67. The summed E-state index contributed by atoms with van der Waals surface area (Å²) in [6.07, 6.45) is 5.35. The van der Waals surface area contributed by atoms with E-state index in [4.69, 9.17) is 5.73 Å². The van der Waals surface area contributed by atoms with Crippen LogP contribution in [0.5, 0.6) is 0 Å². The van der Waals surface area contributed by atoms with Crippen LogP contribution in [0.2, 0.25) is 0 Å². The SMILES string of the molecule is CC(C)CN(CCCN)C1CC(C)CC(C)C1. The number of nitrogens with zero attached hydrogens (tertiary/aromatic N) is 1. The number of hydrogen-bond acceptors (Lipinski definition) is 2. The first-order valence-corrected chi connectivity index (χ1v) is 7.47. The van der Waals surface area contributed by atoms with Crippen molar-refractivity contribution in [2.24, 2.45) is 23.5 Å². The van der Waals surface area contributed by atoms with Crippen LogP contribution in [0.4, 0.5) is 0 Å². The van der Waals surface area contributed by atoms with E-state index in [9.17, 15) is 0 Å². The molecule has 0 heterocycles. The molecule has 17 heavy (non-hydrogen) atoms. The van der Waals surface area contributed by atoms with Gasteiger partial charge in [-0.15, -0.1) is 0 Å². The van der Waals surface area contributed by atoms with E-state index in [0.29, 0.717) is 0 Å². The Labute approximate surface area is 108 Å². The molecule has 1 fully saturated rings. The second-order valence-corrected chi connectivity index (χ2v) is 6.60. The van der Waals surface area contributed by atoms with E-state index >= 15 is 0 Å². The van der Waals surface area contributed by atoms with Crippen molar-refractivity contribution in [1.29, 1.82) is 0 Å². The van der Waals surface area contributed by atoms with E-state index < -0.39 is 0 Å². The minimum absolute atomic E-state index is 0.764. The molecule has 0 spiro atoms. The van der Waals surface area contributed by atoms with Crippen molar-refractivity contribution in [1.82, 2.24) is 4.90 Å². The Kier molecular flexibility index (Phi) is 6.50. The van der Waals surface area contributed by atoms with E-state index in [-0.39, 0.29) is 0 Å². The highest BCUT2D eigenvalue weighted by atomic mass is 15.2. The summed E-state index contributed by atoms with van der Waals surface area (Å²) in [5, 5.41) is 0. The van der Waals surface area contributed by atoms with Crippen LogP contribution in [0.3, 0.4) is 0 Å². The highest BCUT2D eigenvalue weighted by Crippen LogP contribution is 2.31. The average Bonchev–Trinajstić information content (AvgIpc) is 2.22. The molecule has 2 atom stereocenters. The van der Waals surface area contributed by atoms with E-state index in [1.807, 2.05) is 0 Å². The van der Waals surface area contributed by atoms with Crippen LogP contribution < -0.4 is 5.73 Å². The number of nitrogens with two attached hydrogens (primary N) is 1. The van der Waals surface area contributed by atoms with Gasteiger partial charge in [0, 0.05) is 12.6 Å². The quantitative estimate of drug-likeness (QED) is 0.773. The maximum atomic E-state index is 5.67. The molecule has 102 valence electrons. The third-order valence-electron chi connectivity index (χ3n) is 3.92. The predicted octanol–water partition coefficient (Wildman–Crippen LogP) is 3.12. The lowest BCUT2D eigenvalue weighted by molar-refractivity contribution is 0.0977. The predicted molar refractivity (Wildman–Crippen MR) is 76.0 cm³/mol. The lowest BCUT2D eigenvalue weighted by atomic mass is 9.79. The zero-order valence-electron chi connectivity index (χ0n) is 12.3. The lowest BCUT2D eigenvalue weighted by Crippen LogP contribution is -2.43. The first-order valence-electron chi connectivity index (χ1n) is 7.47. The van der Waals surface area contributed by atoms with E-state index in [2.05, 4.69) is 32.6 Å². The molecule has 0 aromatic heterocycles. The molecule has 1 aliphatic carbocycles. The first kappa shape index (κ1) is 15.0. The summed E-state index contributed by atoms with van der Waals surface area (Å²) in [7, 11) is 0. The molecular weight excluding hydrogens is 208 g/mol. The minimum Gasteiger partial charge on any atom is -0.330 e. The van der Waals surface area contributed by atoms with Crippen molar-refractivity contribution in [3.8, 4) is 0 Å². The van der Waals surface area contributed by atoms with Gasteiger partial charge < -0.3 is 10.6 Å². The minimum atomic E-state index is 0.764. The fraction of sp³-hybridized carbons (Fsp3) is 1.00. The maximum Gasteiger partial charge on any atom is 0.0100 e. The molecular formula is C15H32N2. The molecule has 1 saturated carbocycles. The number of rotatable bonds is 6. The summed E-state index contributed by atoms with van der Waals surface area (Å²) in [5.74, 6) is 2.56. The van der Waals surface area contributed by atoms with E-state index in [0.717, 1.165) is 36.8 Å². The summed E-state index contributed by atoms with van der Waals surface area (Å²) in [6, 6.07) is 0.808. The third kappa shape index (κ3) is 5.39. The molecule has 0 aromatic carbocycles. The highest BCUT2D eigenvalue weighted by molar-refractivity contribution is 4.82. The van der Waals surface area contributed by atoms with E-state index in [1.165, 1.54) is 32.4 Å². The van der Waals surface area contributed by atoms with Gasteiger partial charge in [0.25, 0.3) is 0 Å². The van der Waals surface area contributed by atoms with Gasteiger partial charge in [-0.1, -0.05) is 27.7 Å². The zero-order chi connectivity index (χ0) is 12.8. The van der Waals surface area contributed by atoms with Crippen molar-refractivity contribution in [2.75, 3.05) is 19.6 Å². The van der Waals surface area contributed by atoms with Crippen LogP contribution in [0.25, 0.3) is 0 Å². The topological polar surface area (TPSA) is 29.3 Å². The molecule has 2 nitrogen and oxygen atoms in total. The van der Waals surface area contributed by atoms with Crippen LogP contribution in [-0.2, 0) is 0 Å². The Bertz CT molecular complexity index is 193. The largest absolute Gasteiger partial charge is 0.330 e. The van der Waals surface area contributed by atoms with Crippen molar-refractivity contribution in [3.05, 3.63) is 0 Å². The highest BCUT2D eigenvalue weighted by Gasteiger charge is 2.28. The van der Waals surface area contributed by atoms with E-state index in [1.54, 1.807) is 0 Å². The monoisotopic (exact) mass is 240 g/mol. The summed E-state index contributed by atoms with van der Waals surface area (Å²) >= 11 is 0. The van der Waals surface area contributed by atoms with Gasteiger partial charge in [0.05, 0.1) is 0 Å². The summed E-state index contributed by atoms with van der Waals surface area (Å²) in [4.78, 5) is 2.71. The Morgan fingerprint density at radius 2 is 1.71 bits per heavy atom. The lowest BCUT2D eigenvalue weighted by Gasteiger charge is -2.40. The van der Waals surface area contributed by atoms with Gasteiger partial charge in [-0.05, 0) is 56.5 Å². The van der Waals surface area contributed by atoms with Crippen LogP contribution in [-0.4, -0.2) is 30.6 Å². The van der Waals surface area contributed by atoms with Gasteiger partial charge in [-0.3, -0.25) is 0 Å². The molecule has 2 heteroatoms. The number of hydrogen-bond donors (Lipinski definition) is 1. The molecule has 0 radical (unpaired) electrons. The molecule has 0 bridgehead atoms. The molecule has 2 unspecified atom stereocenters. The Morgan fingerprint density at radius 1 is 1.12 bits per heavy atom. The summed E-state index contributed by atoms with van der Waals surface area (Å²) in [6.45, 7) is 12.7. The maximum absolute atomic E-state index is 5.67. The van der Waals surface area contributed by atoms with Crippen LogP contribution in [0, 0.1) is 17.8 Å². The third-order valence-corrected chi connectivity index (χ3v) is 3.92. The molecule has 0 aromatic rings. The Hall–Kier alpha value is -0.0800. The Balaban J connectivity index is 2.54. The van der Waals surface area contributed by atoms with Crippen LogP contribution in [0.15, 0.2) is 0 Å². The van der Waals surface area contributed by atoms with Crippen molar-refractivity contribution >= 4 is 0 Å². The van der Waals surface area contributed by atoms with Gasteiger partial charge in [0.2, 0.25) is 0 Å². The van der Waals surface area contributed by atoms with Gasteiger partial charge in [-0.2, -0.15) is 0 Å². The van der Waals surface area contributed by atoms with Gasteiger partial charge in [0.15, 0.2) is 0 Å².